The first-order chi connectivity index (χ1) is 8.29. The lowest BCUT2D eigenvalue weighted by Crippen LogP contribution is -2.44. The number of hydrogen-bond donors (Lipinski definition) is 0. The maximum absolute atomic E-state index is 12.1. The van der Waals surface area contributed by atoms with Gasteiger partial charge in [-0.05, 0) is 39.5 Å². The zero-order chi connectivity index (χ0) is 15.5. The largest absolute Gasteiger partial charge is 0.457 e. The Bertz CT molecular complexity index is 335. The average molecular weight is 272 g/mol. The molecule has 4 heteroatoms. The minimum atomic E-state index is -1.25. The molecule has 0 aliphatic heterocycles. The van der Waals surface area contributed by atoms with Crippen LogP contribution in [0.3, 0.4) is 0 Å². The monoisotopic (exact) mass is 272 g/mol. The van der Waals surface area contributed by atoms with Crippen LogP contribution in [0.5, 0.6) is 0 Å². The van der Waals surface area contributed by atoms with Gasteiger partial charge >= 0.3 is 11.9 Å². The van der Waals surface area contributed by atoms with Crippen LogP contribution in [0, 0.1) is 5.41 Å². The second-order valence-electron chi connectivity index (χ2n) is 7.22. The predicted molar refractivity (Wildman–Crippen MR) is 74.7 cm³/mol. The van der Waals surface area contributed by atoms with Crippen molar-refractivity contribution in [3.05, 3.63) is 0 Å². The average Bonchev–Trinajstić information content (AvgIpc) is 2.11. The Hall–Kier alpha value is -1.06. The third-order valence-electron chi connectivity index (χ3n) is 2.47. The fourth-order valence-electron chi connectivity index (χ4n) is 2.09. The molecular weight excluding hydrogens is 244 g/mol. The van der Waals surface area contributed by atoms with Crippen molar-refractivity contribution in [3.8, 4) is 0 Å². The summed E-state index contributed by atoms with van der Waals surface area (Å²) in [7, 11) is 0. The van der Waals surface area contributed by atoms with Crippen LogP contribution in [-0.4, -0.2) is 23.1 Å². The molecule has 0 rings (SSSR count). The summed E-state index contributed by atoms with van der Waals surface area (Å²) < 4.78 is 10.6. The highest BCUT2D eigenvalue weighted by Crippen LogP contribution is 2.30. The van der Waals surface area contributed by atoms with Gasteiger partial charge in [0.05, 0.1) is 0 Å². The second-order valence-corrected chi connectivity index (χ2v) is 7.22. The molecule has 0 atom stereocenters. The molecule has 0 aromatic carbocycles. The Morgan fingerprint density at radius 1 is 0.895 bits per heavy atom. The smallest absolute Gasteiger partial charge is 0.350 e. The van der Waals surface area contributed by atoms with E-state index in [9.17, 15) is 9.59 Å². The number of hydrogen-bond acceptors (Lipinski definition) is 4. The molecule has 0 heterocycles. The summed E-state index contributed by atoms with van der Waals surface area (Å²) in [5.74, 6) is -0.917. The Labute approximate surface area is 116 Å². The van der Waals surface area contributed by atoms with Crippen LogP contribution < -0.4 is 0 Å². The van der Waals surface area contributed by atoms with Crippen molar-refractivity contribution in [2.75, 3.05) is 0 Å². The number of rotatable bonds is 5. The fraction of sp³-hybridized carbons (Fsp3) is 0.867. The molecule has 0 saturated heterocycles. The van der Waals surface area contributed by atoms with Crippen molar-refractivity contribution in [2.24, 2.45) is 5.41 Å². The van der Waals surface area contributed by atoms with Crippen molar-refractivity contribution in [3.63, 3.8) is 0 Å². The Morgan fingerprint density at radius 3 is 1.74 bits per heavy atom. The normalized spacial score (nSPS) is 13.1. The summed E-state index contributed by atoms with van der Waals surface area (Å²) in [5.41, 5.74) is -1.79. The molecule has 0 N–H and O–H groups in total. The van der Waals surface area contributed by atoms with E-state index in [1.165, 1.54) is 0 Å². The minimum Gasteiger partial charge on any atom is -0.457 e. The summed E-state index contributed by atoms with van der Waals surface area (Å²) in [6, 6.07) is 0. The Morgan fingerprint density at radius 2 is 1.37 bits per heavy atom. The first-order valence-electron chi connectivity index (χ1n) is 6.74. The van der Waals surface area contributed by atoms with Gasteiger partial charge in [0.1, 0.15) is 5.60 Å². The number of ether oxygens (including phenoxy) is 2. The van der Waals surface area contributed by atoms with Crippen LogP contribution in [-0.2, 0) is 19.1 Å². The van der Waals surface area contributed by atoms with E-state index in [2.05, 4.69) is 20.8 Å². The SMILES string of the molecule is CCC(=O)OC(C)(C)C(=O)OC(C)(C)CC(C)(C)C. The summed E-state index contributed by atoms with van der Waals surface area (Å²) in [4.78, 5) is 23.4. The van der Waals surface area contributed by atoms with Gasteiger partial charge in [0.25, 0.3) is 0 Å². The van der Waals surface area contributed by atoms with Crippen molar-refractivity contribution in [1.82, 2.24) is 0 Å². The maximum Gasteiger partial charge on any atom is 0.350 e. The molecule has 0 amide bonds. The van der Waals surface area contributed by atoms with E-state index in [-0.39, 0.29) is 11.8 Å². The predicted octanol–water partition coefficient (Wildman–Crippen LogP) is 3.48. The van der Waals surface area contributed by atoms with Crippen molar-refractivity contribution in [1.29, 1.82) is 0 Å². The molecule has 19 heavy (non-hydrogen) atoms. The molecule has 0 aliphatic rings. The van der Waals surface area contributed by atoms with Gasteiger partial charge in [-0.15, -0.1) is 0 Å². The zero-order valence-corrected chi connectivity index (χ0v) is 13.5. The first-order valence-corrected chi connectivity index (χ1v) is 6.74. The third-order valence-corrected chi connectivity index (χ3v) is 2.47. The fourth-order valence-corrected chi connectivity index (χ4v) is 2.09. The van der Waals surface area contributed by atoms with Crippen molar-refractivity contribution in [2.45, 2.75) is 79.4 Å². The second kappa shape index (κ2) is 5.93. The summed E-state index contributed by atoms with van der Waals surface area (Å²) >= 11 is 0. The van der Waals surface area contributed by atoms with Crippen LogP contribution in [0.25, 0.3) is 0 Å². The molecule has 0 aromatic rings. The van der Waals surface area contributed by atoms with Gasteiger partial charge in [0, 0.05) is 6.42 Å². The van der Waals surface area contributed by atoms with Gasteiger partial charge in [-0.25, -0.2) is 4.79 Å². The van der Waals surface area contributed by atoms with Gasteiger partial charge in [-0.2, -0.15) is 0 Å². The van der Waals surface area contributed by atoms with Crippen LogP contribution in [0.15, 0.2) is 0 Å². The lowest BCUT2D eigenvalue weighted by molar-refractivity contribution is -0.189. The van der Waals surface area contributed by atoms with E-state index in [0.29, 0.717) is 0 Å². The summed E-state index contributed by atoms with van der Waals surface area (Å²) in [6.07, 6.45) is 0.964. The van der Waals surface area contributed by atoms with Crippen LogP contribution in [0.2, 0.25) is 0 Å². The van der Waals surface area contributed by atoms with Gasteiger partial charge in [-0.3, -0.25) is 4.79 Å². The van der Waals surface area contributed by atoms with E-state index >= 15 is 0 Å². The highest BCUT2D eigenvalue weighted by atomic mass is 16.6. The lowest BCUT2D eigenvalue weighted by Gasteiger charge is -2.34. The maximum atomic E-state index is 12.1. The van der Waals surface area contributed by atoms with Crippen molar-refractivity contribution < 1.29 is 19.1 Å². The van der Waals surface area contributed by atoms with Gasteiger partial charge in [0.2, 0.25) is 5.60 Å². The van der Waals surface area contributed by atoms with Crippen LogP contribution in [0.4, 0.5) is 0 Å². The third kappa shape index (κ3) is 7.19. The first kappa shape index (κ1) is 17.9. The summed E-state index contributed by atoms with van der Waals surface area (Å²) in [5, 5.41) is 0. The lowest BCUT2D eigenvalue weighted by atomic mass is 9.83. The van der Waals surface area contributed by atoms with Crippen LogP contribution in [0.1, 0.15) is 68.2 Å². The highest BCUT2D eigenvalue weighted by Gasteiger charge is 2.38. The number of esters is 2. The molecule has 0 bridgehead atoms. The molecular formula is C15H28O4. The topological polar surface area (TPSA) is 52.6 Å². The zero-order valence-electron chi connectivity index (χ0n) is 13.5. The Kier molecular flexibility index (Phi) is 5.60. The van der Waals surface area contributed by atoms with E-state index in [4.69, 9.17) is 9.47 Å². The van der Waals surface area contributed by atoms with E-state index < -0.39 is 23.1 Å². The molecule has 0 aliphatic carbocycles. The highest BCUT2D eigenvalue weighted by molar-refractivity contribution is 5.82. The van der Waals surface area contributed by atoms with Crippen LogP contribution >= 0.6 is 0 Å². The standard InChI is InChI=1S/C15H28O4/c1-9-11(16)18-15(7,8)12(17)19-14(5,6)10-13(2,3)4/h9-10H2,1-8H3. The molecule has 0 spiro atoms. The molecule has 0 saturated carbocycles. The van der Waals surface area contributed by atoms with Gasteiger partial charge < -0.3 is 9.47 Å². The van der Waals surface area contributed by atoms with E-state index in [1.807, 2.05) is 13.8 Å². The number of carbonyl (C=O) groups excluding carboxylic acids is 2. The molecule has 0 radical (unpaired) electrons. The van der Waals surface area contributed by atoms with Gasteiger partial charge in [0.15, 0.2) is 0 Å². The van der Waals surface area contributed by atoms with Crippen molar-refractivity contribution >= 4 is 11.9 Å². The number of carbonyl (C=O) groups is 2. The van der Waals surface area contributed by atoms with Gasteiger partial charge in [-0.1, -0.05) is 27.7 Å². The quantitative estimate of drug-likeness (QED) is 0.719. The molecule has 112 valence electrons. The molecule has 0 unspecified atom stereocenters. The molecule has 0 aromatic heterocycles. The molecule has 4 nitrogen and oxygen atoms in total. The minimum absolute atomic E-state index is 0.0496. The summed E-state index contributed by atoms with van der Waals surface area (Å²) in [6.45, 7) is 14.8. The Balaban J connectivity index is 4.71. The van der Waals surface area contributed by atoms with E-state index in [0.717, 1.165) is 6.42 Å². The van der Waals surface area contributed by atoms with E-state index in [1.54, 1.807) is 20.8 Å². The molecule has 0 fully saturated rings.